The first kappa shape index (κ1) is 22.3. The van der Waals surface area contributed by atoms with Crippen molar-refractivity contribution in [2.75, 3.05) is 41.3 Å². The third-order valence-corrected chi connectivity index (χ3v) is 7.36. The molecule has 0 aromatic carbocycles. The summed E-state index contributed by atoms with van der Waals surface area (Å²) in [6.45, 7) is 11.3. The summed E-state index contributed by atoms with van der Waals surface area (Å²) in [6, 6.07) is 1.89. The van der Waals surface area contributed by atoms with Crippen LogP contribution in [-0.4, -0.2) is 52.1 Å². The van der Waals surface area contributed by atoms with Gasteiger partial charge < -0.3 is 19.9 Å². The number of urea groups is 1. The topological polar surface area (TPSA) is 77.8 Å². The van der Waals surface area contributed by atoms with E-state index in [2.05, 4.69) is 40.4 Å². The molecule has 6 rings (SSSR count). The second-order valence-electron chi connectivity index (χ2n) is 10.8. The quantitative estimate of drug-likeness (QED) is 0.593. The van der Waals surface area contributed by atoms with Crippen LogP contribution >= 0.6 is 0 Å². The highest BCUT2D eigenvalue weighted by Crippen LogP contribution is 2.44. The van der Waals surface area contributed by atoms with Crippen LogP contribution in [0, 0.1) is 19.7 Å². The van der Waals surface area contributed by atoms with Crippen molar-refractivity contribution in [2.24, 2.45) is 0 Å². The maximum Gasteiger partial charge on any atom is 0.327 e. The van der Waals surface area contributed by atoms with Crippen LogP contribution in [0.4, 0.5) is 26.4 Å². The van der Waals surface area contributed by atoms with Crippen molar-refractivity contribution in [3.05, 3.63) is 46.8 Å². The Kier molecular flexibility index (Phi) is 5.03. The highest BCUT2D eigenvalue weighted by atomic mass is 19.1. The molecule has 35 heavy (non-hydrogen) atoms. The van der Waals surface area contributed by atoms with Crippen LogP contribution in [0.15, 0.2) is 18.5 Å². The summed E-state index contributed by atoms with van der Waals surface area (Å²) >= 11 is 0. The number of aromatic nitrogens is 3. The number of aryl methyl sites for hydroxylation is 2. The summed E-state index contributed by atoms with van der Waals surface area (Å²) < 4.78 is 16.9. The van der Waals surface area contributed by atoms with E-state index in [9.17, 15) is 4.79 Å². The average molecular weight is 478 g/mol. The molecule has 3 aliphatic rings. The molecular weight excluding hydrogens is 445 g/mol. The molecule has 2 aliphatic heterocycles. The van der Waals surface area contributed by atoms with E-state index in [1.165, 1.54) is 5.69 Å². The van der Waals surface area contributed by atoms with Gasteiger partial charge in [-0.3, -0.25) is 4.90 Å². The first-order valence-corrected chi connectivity index (χ1v) is 12.5. The number of piperazine rings is 1. The highest BCUT2D eigenvalue weighted by molar-refractivity contribution is 6.03. The van der Waals surface area contributed by atoms with Crippen molar-refractivity contribution < 1.29 is 9.18 Å². The lowest BCUT2D eigenvalue weighted by atomic mass is 10.00. The van der Waals surface area contributed by atoms with Crippen LogP contribution in [-0.2, 0) is 6.42 Å². The summed E-state index contributed by atoms with van der Waals surface area (Å²) in [5, 5.41) is 6.39. The molecule has 184 valence electrons. The van der Waals surface area contributed by atoms with Gasteiger partial charge in [-0.15, -0.1) is 0 Å². The van der Waals surface area contributed by atoms with E-state index < -0.39 is 5.82 Å². The summed E-state index contributed by atoms with van der Waals surface area (Å²) in [6.07, 6.45) is 6.43. The van der Waals surface area contributed by atoms with E-state index in [-0.39, 0.29) is 17.3 Å². The van der Waals surface area contributed by atoms with Crippen molar-refractivity contribution in [3.63, 3.8) is 0 Å². The van der Waals surface area contributed by atoms with Gasteiger partial charge in [0.15, 0.2) is 5.82 Å². The number of nitrogens with one attached hydrogen (secondary N) is 2. The lowest BCUT2D eigenvalue weighted by molar-refractivity contribution is 0.257. The molecule has 8 nitrogen and oxygen atoms in total. The number of rotatable bonds is 3. The van der Waals surface area contributed by atoms with Gasteiger partial charge in [0.2, 0.25) is 0 Å². The summed E-state index contributed by atoms with van der Waals surface area (Å²) in [7, 11) is 0. The van der Waals surface area contributed by atoms with E-state index in [0.717, 1.165) is 61.7 Å². The fourth-order valence-electron chi connectivity index (χ4n) is 5.43. The number of pyridine rings is 2. The Hall–Kier alpha value is -3.20. The molecule has 0 bridgehead atoms. The number of anilines is 3. The van der Waals surface area contributed by atoms with Gasteiger partial charge in [0.25, 0.3) is 0 Å². The van der Waals surface area contributed by atoms with Gasteiger partial charge in [0.05, 0.1) is 11.4 Å². The summed E-state index contributed by atoms with van der Waals surface area (Å²) in [5.74, 6) is 0.724. The third-order valence-electron chi connectivity index (χ3n) is 7.36. The largest absolute Gasteiger partial charge is 0.368 e. The Morgan fingerprint density at radius 2 is 2.00 bits per heavy atom. The maximum atomic E-state index is 15.1. The Morgan fingerprint density at radius 1 is 1.20 bits per heavy atom. The van der Waals surface area contributed by atoms with Gasteiger partial charge in [0, 0.05) is 72.5 Å². The Bertz CT molecular complexity index is 1340. The standard InChI is InChI=1S/C26H32FN7O/c1-15-12-33-13-20(22(27)16(2)23(33)29-15)31-25(35)34-9-7-18-21(32-10-8-28-26(3,4)14-32)11-19(17-5-6-17)30-24(18)34/h11-13,17,28H,5-10,14H2,1-4H3,(H,31,35). The molecule has 1 aliphatic carbocycles. The number of amides is 2. The summed E-state index contributed by atoms with van der Waals surface area (Å²) in [5.41, 5.74) is 5.30. The van der Waals surface area contributed by atoms with Gasteiger partial charge in [0.1, 0.15) is 11.5 Å². The molecule has 5 heterocycles. The maximum absolute atomic E-state index is 15.1. The van der Waals surface area contributed by atoms with Crippen LogP contribution in [0.5, 0.6) is 0 Å². The fraction of sp³-hybridized carbons (Fsp3) is 0.500. The Labute approximate surface area is 204 Å². The van der Waals surface area contributed by atoms with Crippen molar-refractivity contribution in [2.45, 2.75) is 58.4 Å². The van der Waals surface area contributed by atoms with Crippen LogP contribution in [0.25, 0.3) is 5.65 Å². The van der Waals surface area contributed by atoms with Crippen molar-refractivity contribution >= 4 is 28.9 Å². The number of nitrogens with zero attached hydrogens (tertiary/aromatic N) is 5. The average Bonchev–Trinajstić information content (AvgIpc) is 3.46. The molecule has 3 aromatic heterocycles. The van der Waals surface area contributed by atoms with Gasteiger partial charge in [-0.1, -0.05) is 0 Å². The number of fused-ring (bicyclic) bond motifs is 2. The van der Waals surface area contributed by atoms with E-state index in [1.807, 2.05) is 13.1 Å². The minimum atomic E-state index is -0.459. The fourth-order valence-corrected chi connectivity index (χ4v) is 5.43. The van der Waals surface area contributed by atoms with Gasteiger partial charge >= 0.3 is 6.03 Å². The van der Waals surface area contributed by atoms with E-state index in [4.69, 9.17) is 4.98 Å². The van der Waals surface area contributed by atoms with Crippen LogP contribution in [0.1, 0.15) is 55.1 Å². The molecule has 0 radical (unpaired) electrons. The highest BCUT2D eigenvalue weighted by Gasteiger charge is 2.36. The van der Waals surface area contributed by atoms with E-state index in [1.54, 1.807) is 22.4 Å². The second kappa shape index (κ2) is 7.91. The van der Waals surface area contributed by atoms with Gasteiger partial charge in [-0.2, -0.15) is 0 Å². The van der Waals surface area contributed by atoms with Gasteiger partial charge in [-0.25, -0.2) is 19.2 Å². The lowest BCUT2D eigenvalue weighted by Crippen LogP contribution is -2.57. The molecular formula is C26H32FN7O. The monoisotopic (exact) mass is 477 g/mol. The number of hydrogen-bond acceptors (Lipinski definition) is 5. The molecule has 3 aromatic rings. The lowest BCUT2D eigenvalue weighted by Gasteiger charge is -2.41. The zero-order chi connectivity index (χ0) is 24.5. The molecule has 1 saturated carbocycles. The second-order valence-corrected chi connectivity index (χ2v) is 10.8. The molecule has 9 heteroatoms. The Balaban J connectivity index is 1.34. The molecule has 2 N–H and O–H groups in total. The summed E-state index contributed by atoms with van der Waals surface area (Å²) in [4.78, 5) is 26.9. The van der Waals surface area contributed by atoms with Crippen LogP contribution in [0.2, 0.25) is 0 Å². The minimum Gasteiger partial charge on any atom is -0.368 e. The van der Waals surface area contributed by atoms with Crippen molar-refractivity contribution in [1.82, 2.24) is 19.7 Å². The number of halogens is 1. The molecule has 2 amide bonds. The predicted molar refractivity (Wildman–Crippen MR) is 135 cm³/mol. The molecule has 1 saturated heterocycles. The molecule has 2 fully saturated rings. The van der Waals surface area contributed by atoms with Crippen molar-refractivity contribution in [3.8, 4) is 0 Å². The number of carbonyl (C=O) groups is 1. The van der Waals surface area contributed by atoms with Crippen molar-refractivity contribution in [1.29, 1.82) is 0 Å². The van der Waals surface area contributed by atoms with Crippen LogP contribution in [0.3, 0.4) is 0 Å². The number of imidazole rings is 1. The van der Waals surface area contributed by atoms with E-state index >= 15 is 4.39 Å². The smallest absolute Gasteiger partial charge is 0.327 e. The first-order chi connectivity index (χ1) is 16.7. The SMILES string of the molecule is Cc1cn2cc(NC(=O)N3CCc4c(N5CCNC(C)(C)C5)cc(C5CC5)nc43)c(F)c(C)c2n1. The zero-order valence-electron chi connectivity index (χ0n) is 20.8. The van der Waals surface area contributed by atoms with Gasteiger partial charge in [-0.05, 0) is 53.0 Å². The number of hydrogen-bond donors (Lipinski definition) is 2. The zero-order valence-corrected chi connectivity index (χ0v) is 20.8. The Morgan fingerprint density at radius 3 is 2.74 bits per heavy atom. The third kappa shape index (κ3) is 3.91. The first-order valence-electron chi connectivity index (χ1n) is 12.5. The number of carbonyl (C=O) groups excluding carboxylic acids is 1. The normalized spacial score (nSPS) is 19.3. The molecule has 0 unspecified atom stereocenters. The van der Waals surface area contributed by atoms with Crippen LogP contribution < -0.4 is 20.4 Å². The minimum absolute atomic E-state index is 0.0174. The predicted octanol–water partition coefficient (Wildman–Crippen LogP) is 4.15. The van der Waals surface area contributed by atoms with E-state index in [0.29, 0.717) is 23.7 Å². The molecule has 0 atom stereocenters. The molecule has 0 spiro atoms.